The highest BCUT2D eigenvalue weighted by Crippen LogP contribution is 2.35. The van der Waals surface area contributed by atoms with Crippen molar-refractivity contribution in [1.29, 1.82) is 0 Å². The molecule has 3 heterocycles. The molecule has 0 spiro atoms. The number of nitrogens with zero attached hydrogens (tertiary/aromatic N) is 4. The molecule has 0 aliphatic carbocycles. The molecule has 1 aliphatic rings. The topological polar surface area (TPSA) is 89.1 Å². The molecule has 0 atom stereocenters. The van der Waals surface area contributed by atoms with Crippen LogP contribution in [0.5, 0.6) is 0 Å². The van der Waals surface area contributed by atoms with Gasteiger partial charge in [-0.1, -0.05) is 23.7 Å². The molecular weight excluding hydrogens is 388 g/mol. The summed E-state index contributed by atoms with van der Waals surface area (Å²) in [5.74, 6) is 0.0766. The Hall–Kier alpha value is -2.90. The zero-order valence-electron chi connectivity index (χ0n) is 16.7. The fourth-order valence-corrected chi connectivity index (χ4v) is 3.94. The summed E-state index contributed by atoms with van der Waals surface area (Å²) in [7, 11) is 3.93. The van der Waals surface area contributed by atoms with E-state index in [1.54, 1.807) is 12.3 Å². The number of hydrogen-bond acceptors (Lipinski definition) is 5. The lowest BCUT2D eigenvalue weighted by Gasteiger charge is -2.21. The number of imidazole rings is 1. The Bertz CT molecular complexity index is 1110. The molecule has 1 aliphatic heterocycles. The van der Waals surface area contributed by atoms with Gasteiger partial charge in [0.25, 0.3) is 5.91 Å². The molecule has 2 aromatic heterocycles. The third-order valence-corrected chi connectivity index (χ3v) is 5.80. The molecule has 7 nitrogen and oxygen atoms in total. The fourth-order valence-electron chi connectivity index (χ4n) is 3.68. The number of likely N-dealkylation sites (N-methyl/N-ethyl adjacent to an activating group) is 1. The Labute approximate surface area is 174 Å². The van der Waals surface area contributed by atoms with Gasteiger partial charge in [0.15, 0.2) is 5.82 Å². The van der Waals surface area contributed by atoms with E-state index in [1.807, 2.05) is 43.8 Å². The summed E-state index contributed by atoms with van der Waals surface area (Å²) in [6.07, 6.45) is 2.50. The third kappa shape index (κ3) is 3.47. The van der Waals surface area contributed by atoms with Gasteiger partial charge in [0.1, 0.15) is 0 Å². The highest BCUT2D eigenvalue weighted by Gasteiger charge is 2.24. The summed E-state index contributed by atoms with van der Waals surface area (Å²) in [5.41, 5.74) is 11.5. The van der Waals surface area contributed by atoms with E-state index < -0.39 is 0 Å². The van der Waals surface area contributed by atoms with E-state index in [4.69, 9.17) is 17.3 Å². The van der Waals surface area contributed by atoms with Crippen LogP contribution in [0.2, 0.25) is 5.02 Å². The highest BCUT2D eigenvalue weighted by molar-refractivity contribution is 6.36. The molecule has 0 saturated carbocycles. The first kappa shape index (κ1) is 19.4. The number of benzene rings is 1. The minimum atomic E-state index is -0.298. The van der Waals surface area contributed by atoms with Crippen LogP contribution in [-0.4, -0.2) is 38.9 Å². The van der Waals surface area contributed by atoms with Crippen molar-refractivity contribution >= 4 is 28.9 Å². The van der Waals surface area contributed by atoms with E-state index in [1.165, 1.54) is 0 Å². The summed E-state index contributed by atoms with van der Waals surface area (Å²) in [6.45, 7) is 3.61. The number of hydrogen-bond donors (Lipinski definition) is 2. The van der Waals surface area contributed by atoms with E-state index >= 15 is 0 Å². The molecule has 4 rings (SSSR count). The van der Waals surface area contributed by atoms with Gasteiger partial charge in [0, 0.05) is 49.7 Å². The van der Waals surface area contributed by atoms with E-state index in [9.17, 15) is 4.79 Å². The van der Waals surface area contributed by atoms with Gasteiger partial charge in [0.05, 0.1) is 22.1 Å². The Morgan fingerprint density at radius 2 is 2.07 bits per heavy atom. The molecule has 150 valence electrons. The molecule has 29 heavy (non-hydrogen) atoms. The first-order chi connectivity index (χ1) is 13.9. The number of amides is 1. The molecule has 1 amide bonds. The zero-order valence-corrected chi connectivity index (χ0v) is 17.4. The number of aromatic nitrogens is 3. The predicted molar refractivity (Wildman–Crippen MR) is 115 cm³/mol. The van der Waals surface area contributed by atoms with E-state index in [0.29, 0.717) is 27.9 Å². The van der Waals surface area contributed by atoms with Crippen LogP contribution in [0.4, 0.5) is 11.4 Å². The lowest BCUT2D eigenvalue weighted by Crippen LogP contribution is -2.27. The SMILES string of the molecule is Cc1c(N)cccc1-c1nccc(NC(=O)c2nc3c(n2C)CCN(C)C3)c1Cl. The summed E-state index contributed by atoms with van der Waals surface area (Å²) in [6, 6.07) is 7.28. The minimum Gasteiger partial charge on any atom is -0.398 e. The van der Waals surface area contributed by atoms with Gasteiger partial charge in [-0.25, -0.2) is 4.98 Å². The van der Waals surface area contributed by atoms with E-state index in [0.717, 1.165) is 42.0 Å². The molecule has 0 fully saturated rings. The van der Waals surface area contributed by atoms with Crippen LogP contribution in [-0.2, 0) is 20.0 Å². The van der Waals surface area contributed by atoms with E-state index in [2.05, 4.69) is 20.2 Å². The number of fused-ring (bicyclic) bond motifs is 1. The van der Waals surface area contributed by atoms with Crippen LogP contribution in [0, 0.1) is 6.92 Å². The molecule has 0 bridgehead atoms. The second-order valence-corrected chi connectivity index (χ2v) is 7.75. The Balaban J connectivity index is 1.66. The lowest BCUT2D eigenvalue weighted by atomic mass is 10.0. The Morgan fingerprint density at radius 1 is 1.28 bits per heavy atom. The van der Waals surface area contributed by atoms with Gasteiger partial charge >= 0.3 is 0 Å². The average molecular weight is 411 g/mol. The first-order valence-corrected chi connectivity index (χ1v) is 9.79. The number of nitrogens with two attached hydrogens (primary N) is 1. The van der Waals surface area contributed by atoms with Crippen LogP contribution in [0.15, 0.2) is 30.5 Å². The normalized spacial score (nSPS) is 13.9. The number of carbonyl (C=O) groups excluding carboxylic acids is 1. The highest BCUT2D eigenvalue weighted by atomic mass is 35.5. The van der Waals surface area contributed by atoms with Crippen LogP contribution in [0.3, 0.4) is 0 Å². The smallest absolute Gasteiger partial charge is 0.291 e. The molecule has 8 heteroatoms. The number of anilines is 2. The number of rotatable bonds is 3. The summed E-state index contributed by atoms with van der Waals surface area (Å²) >= 11 is 6.61. The number of pyridine rings is 1. The van der Waals surface area contributed by atoms with Gasteiger partial charge in [-0.15, -0.1) is 0 Å². The zero-order chi connectivity index (χ0) is 20.7. The van der Waals surface area contributed by atoms with Crippen molar-refractivity contribution in [1.82, 2.24) is 19.4 Å². The van der Waals surface area contributed by atoms with Gasteiger partial charge in [0.2, 0.25) is 0 Å². The fraction of sp³-hybridized carbons (Fsp3) is 0.286. The minimum absolute atomic E-state index is 0.298. The number of halogens is 1. The van der Waals surface area contributed by atoms with Crippen LogP contribution < -0.4 is 11.1 Å². The van der Waals surface area contributed by atoms with Crippen molar-refractivity contribution in [3.05, 3.63) is 58.3 Å². The van der Waals surface area contributed by atoms with Crippen molar-refractivity contribution < 1.29 is 4.79 Å². The maximum Gasteiger partial charge on any atom is 0.291 e. The number of nitrogen functional groups attached to an aromatic ring is 1. The summed E-state index contributed by atoms with van der Waals surface area (Å²) < 4.78 is 1.87. The van der Waals surface area contributed by atoms with Crippen molar-refractivity contribution in [2.45, 2.75) is 19.9 Å². The first-order valence-electron chi connectivity index (χ1n) is 9.41. The van der Waals surface area contributed by atoms with Crippen molar-refractivity contribution in [2.24, 2.45) is 7.05 Å². The lowest BCUT2D eigenvalue weighted by molar-refractivity contribution is 0.101. The molecule has 3 aromatic rings. The average Bonchev–Trinajstić information content (AvgIpc) is 3.02. The monoisotopic (exact) mass is 410 g/mol. The molecule has 3 N–H and O–H groups in total. The van der Waals surface area contributed by atoms with Crippen molar-refractivity contribution in [2.75, 3.05) is 24.6 Å². The molecular formula is C21H23ClN6O. The van der Waals surface area contributed by atoms with Crippen molar-refractivity contribution in [3.63, 3.8) is 0 Å². The van der Waals surface area contributed by atoms with Gasteiger partial charge in [-0.2, -0.15) is 0 Å². The van der Waals surface area contributed by atoms with Crippen LogP contribution in [0.1, 0.15) is 27.6 Å². The quantitative estimate of drug-likeness (QED) is 0.647. The molecule has 0 unspecified atom stereocenters. The van der Waals surface area contributed by atoms with Gasteiger partial charge < -0.3 is 20.5 Å². The van der Waals surface area contributed by atoms with Gasteiger partial charge in [-0.3, -0.25) is 9.78 Å². The van der Waals surface area contributed by atoms with Crippen LogP contribution in [0.25, 0.3) is 11.3 Å². The molecule has 1 aromatic carbocycles. The van der Waals surface area contributed by atoms with E-state index in [-0.39, 0.29) is 5.91 Å². The number of nitrogens with one attached hydrogen (secondary N) is 1. The largest absolute Gasteiger partial charge is 0.398 e. The maximum absolute atomic E-state index is 12.9. The standard InChI is InChI=1S/C21H23ClN6O/c1-12-13(5-4-6-14(12)23)19-18(22)15(7-9-24-19)26-21(29)20-25-16-11-27(2)10-8-17(16)28(20)3/h4-7,9H,8,10-11,23H2,1-3H3,(H,24,26,29). The van der Waals surface area contributed by atoms with Crippen LogP contribution >= 0.6 is 11.6 Å². The Kier molecular flexibility index (Phi) is 5.02. The number of carbonyl (C=O) groups is 1. The summed E-state index contributed by atoms with van der Waals surface area (Å²) in [4.78, 5) is 24.1. The third-order valence-electron chi connectivity index (χ3n) is 5.42. The van der Waals surface area contributed by atoms with Crippen molar-refractivity contribution in [3.8, 4) is 11.3 Å². The maximum atomic E-state index is 12.9. The second kappa shape index (κ2) is 7.50. The summed E-state index contributed by atoms with van der Waals surface area (Å²) in [5, 5.41) is 3.26. The molecule has 0 radical (unpaired) electrons. The Morgan fingerprint density at radius 3 is 2.86 bits per heavy atom. The van der Waals surface area contributed by atoms with Gasteiger partial charge in [-0.05, 0) is 31.7 Å². The predicted octanol–water partition coefficient (Wildman–Crippen LogP) is 3.27. The second-order valence-electron chi connectivity index (χ2n) is 7.37. The molecule has 0 saturated heterocycles.